The van der Waals surface area contributed by atoms with E-state index in [9.17, 15) is 18.8 Å². The molecule has 0 spiro atoms. The molecule has 102 valence electrons. The summed E-state index contributed by atoms with van der Waals surface area (Å²) in [6.45, 7) is -0.985. The number of anilines is 1. The van der Waals surface area contributed by atoms with E-state index in [0.29, 0.717) is 0 Å². The number of primary amides is 2. The third kappa shape index (κ3) is 3.95. The van der Waals surface area contributed by atoms with Crippen LogP contribution in [0.3, 0.4) is 0 Å². The standard InChI is InChI=1S/C11H13FN4O3/c12-7-3-6(1-2-8(7)13)11(19)16(4-9(14)17)5-10(15)18/h1-3H,4-5,13H2,(H2,14,17)(H2,15,18). The van der Waals surface area contributed by atoms with E-state index in [1.54, 1.807) is 0 Å². The summed E-state index contributed by atoms with van der Waals surface area (Å²) >= 11 is 0. The van der Waals surface area contributed by atoms with Crippen molar-refractivity contribution in [2.75, 3.05) is 18.8 Å². The van der Waals surface area contributed by atoms with Gasteiger partial charge in [0.1, 0.15) is 18.9 Å². The molecule has 6 N–H and O–H groups in total. The van der Waals surface area contributed by atoms with Crippen LogP contribution in [0.5, 0.6) is 0 Å². The zero-order valence-corrected chi connectivity index (χ0v) is 9.93. The molecule has 8 heteroatoms. The van der Waals surface area contributed by atoms with E-state index in [-0.39, 0.29) is 11.3 Å². The molecule has 1 rings (SSSR count). The third-order valence-electron chi connectivity index (χ3n) is 2.23. The number of halogens is 1. The van der Waals surface area contributed by atoms with Crippen molar-refractivity contribution in [1.29, 1.82) is 0 Å². The maximum Gasteiger partial charge on any atom is 0.254 e. The molecule has 0 saturated heterocycles. The molecule has 0 aliphatic rings. The Morgan fingerprint density at radius 2 is 1.63 bits per heavy atom. The van der Waals surface area contributed by atoms with Gasteiger partial charge in [-0.25, -0.2) is 4.39 Å². The zero-order valence-electron chi connectivity index (χ0n) is 9.93. The van der Waals surface area contributed by atoms with Gasteiger partial charge in [-0.2, -0.15) is 0 Å². The Bertz CT molecular complexity index is 517. The highest BCUT2D eigenvalue weighted by Gasteiger charge is 2.20. The highest BCUT2D eigenvalue weighted by Crippen LogP contribution is 2.13. The minimum atomic E-state index is -0.814. The van der Waals surface area contributed by atoms with Crippen LogP contribution < -0.4 is 17.2 Å². The number of carbonyl (C=O) groups excluding carboxylic acids is 3. The largest absolute Gasteiger partial charge is 0.396 e. The molecule has 0 radical (unpaired) electrons. The van der Waals surface area contributed by atoms with E-state index in [1.165, 1.54) is 12.1 Å². The molecule has 1 aromatic rings. The average molecular weight is 268 g/mol. The predicted molar refractivity (Wildman–Crippen MR) is 65.1 cm³/mol. The second-order valence-corrected chi connectivity index (χ2v) is 3.83. The maximum atomic E-state index is 13.2. The Labute approximate surface area is 108 Å². The smallest absolute Gasteiger partial charge is 0.254 e. The zero-order chi connectivity index (χ0) is 14.6. The molecule has 0 saturated carbocycles. The summed E-state index contributed by atoms with van der Waals surface area (Å²) in [4.78, 5) is 34.5. The first kappa shape index (κ1) is 14.4. The first-order valence-corrected chi connectivity index (χ1v) is 5.22. The molecule has 7 nitrogen and oxygen atoms in total. The summed E-state index contributed by atoms with van der Waals surface area (Å²) in [6.07, 6.45) is 0. The van der Waals surface area contributed by atoms with Crippen LogP contribution in [0.25, 0.3) is 0 Å². The minimum Gasteiger partial charge on any atom is -0.396 e. The lowest BCUT2D eigenvalue weighted by atomic mass is 10.1. The van der Waals surface area contributed by atoms with Crippen molar-refractivity contribution in [2.24, 2.45) is 11.5 Å². The van der Waals surface area contributed by atoms with E-state index in [4.69, 9.17) is 17.2 Å². The quantitative estimate of drug-likeness (QED) is 0.580. The van der Waals surface area contributed by atoms with E-state index < -0.39 is 36.6 Å². The highest BCUT2D eigenvalue weighted by atomic mass is 19.1. The molecule has 0 fully saturated rings. The van der Waals surface area contributed by atoms with Gasteiger partial charge in [-0.15, -0.1) is 0 Å². The first-order valence-electron chi connectivity index (χ1n) is 5.22. The van der Waals surface area contributed by atoms with Gasteiger partial charge >= 0.3 is 0 Å². The van der Waals surface area contributed by atoms with Gasteiger partial charge < -0.3 is 22.1 Å². The number of nitrogen functional groups attached to an aromatic ring is 1. The number of hydrogen-bond donors (Lipinski definition) is 3. The van der Waals surface area contributed by atoms with Crippen LogP contribution in [-0.4, -0.2) is 35.7 Å². The number of benzene rings is 1. The van der Waals surface area contributed by atoms with Gasteiger partial charge in [-0.1, -0.05) is 0 Å². The number of amides is 3. The maximum absolute atomic E-state index is 13.2. The fraction of sp³-hybridized carbons (Fsp3) is 0.182. The molecule has 0 aliphatic carbocycles. The van der Waals surface area contributed by atoms with Crippen LogP contribution in [0.1, 0.15) is 10.4 Å². The number of carbonyl (C=O) groups is 3. The predicted octanol–water partition coefficient (Wildman–Crippen LogP) is -1.18. The molecular formula is C11H13FN4O3. The van der Waals surface area contributed by atoms with Gasteiger partial charge in [0, 0.05) is 5.56 Å². The van der Waals surface area contributed by atoms with Crippen molar-refractivity contribution in [3.05, 3.63) is 29.6 Å². The van der Waals surface area contributed by atoms with Gasteiger partial charge in [0.2, 0.25) is 11.8 Å². The summed E-state index contributed by atoms with van der Waals surface area (Å²) < 4.78 is 13.2. The van der Waals surface area contributed by atoms with Gasteiger partial charge in [-0.05, 0) is 18.2 Å². The summed E-state index contributed by atoms with van der Waals surface area (Å²) in [5.74, 6) is -3.14. The molecule has 0 atom stereocenters. The summed E-state index contributed by atoms with van der Waals surface area (Å²) in [5, 5.41) is 0. The number of nitrogens with zero attached hydrogens (tertiary/aromatic N) is 1. The van der Waals surface area contributed by atoms with Crippen molar-refractivity contribution in [2.45, 2.75) is 0 Å². The minimum absolute atomic E-state index is 0.0609. The van der Waals surface area contributed by atoms with E-state index >= 15 is 0 Å². The third-order valence-corrected chi connectivity index (χ3v) is 2.23. The van der Waals surface area contributed by atoms with Crippen LogP contribution in [-0.2, 0) is 9.59 Å². The van der Waals surface area contributed by atoms with Gasteiger partial charge in [0.25, 0.3) is 5.91 Å². The second-order valence-electron chi connectivity index (χ2n) is 3.83. The fourth-order valence-corrected chi connectivity index (χ4v) is 1.42. The molecular weight excluding hydrogens is 255 g/mol. The van der Waals surface area contributed by atoms with Crippen molar-refractivity contribution in [3.63, 3.8) is 0 Å². The van der Waals surface area contributed by atoms with E-state index in [2.05, 4.69) is 0 Å². The SMILES string of the molecule is NC(=O)CN(CC(N)=O)C(=O)c1ccc(N)c(F)c1. The van der Waals surface area contributed by atoms with E-state index in [1.807, 2.05) is 0 Å². The van der Waals surface area contributed by atoms with Crippen molar-refractivity contribution in [3.8, 4) is 0 Å². The topological polar surface area (TPSA) is 133 Å². The normalized spacial score (nSPS) is 9.95. The Hall–Kier alpha value is -2.64. The molecule has 3 amide bonds. The highest BCUT2D eigenvalue weighted by molar-refractivity contribution is 5.98. The van der Waals surface area contributed by atoms with Gasteiger partial charge in [-0.3, -0.25) is 14.4 Å². The number of hydrogen-bond acceptors (Lipinski definition) is 4. The Morgan fingerprint density at radius 3 is 2.05 bits per heavy atom. The Balaban J connectivity index is 3.00. The summed E-state index contributed by atoms with van der Waals surface area (Å²) in [5.41, 5.74) is 15.0. The van der Waals surface area contributed by atoms with Crippen molar-refractivity contribution < 1.29 is 18.8 Å². The molecule has 0 bridgehead atoms. The van der Waals surface area contributed by atoms with Crippen LogP contribution in [0, 0.1) is 5.82 Å². The molecule has 19 heavy (non-hydrogen) atoms. The number of rotatable bonds is 5. The average Bonchev–Trinajstić information content (AvgIpc) is 2.29. The van der Waals surface area contributed by atoms with Crippen LogP contribution >= 0.6 is 0 Å². The van der Waals surface area contributed by atoms with E-state index in [0.717, 1.165) is 11.0 Å². The molecule has 0 aromatic heterocycles. The van der Waals surface area contributed by atoms with Gasteiger partial charge in [0.15, 0.2) is 0 Å². The lowest BCUT2D eigenvalue weighted by Crippen LogP contribution is -2.43. The monoisotopic (exact) mass is 268 g/mol. The summed E-state index contributed by atoms with van der Waals surface area (Å²) in [7, 11) is 0. The molecule has 0 heterocycles. The lowest BCUT2D eigenvalue weighted by Gasteiger charge is -2.19. The van der Waals surface area contributed by atoms with Crippen molar-refractivity contribution >= 4 is 23.4 Å². The fourth-order valence-electron chi connectivity index (χ4n) is 1.42. The number of nitrogens with two attached hydrogens (primary N) is 3. The van der Waals surface area contributed by atoms with Gasteiger partial charge in [0.05, 0.1) is 5.69 Å². The Morgan fingerprint density at radius 1 is 1.11 bits per heavy atom. The molecule has 1 aromatic carbocycles. The summed E-state index contributed by atoms with van der Waals surface area (Å²) in [6, 6.07) is 3.39. The Kier molecular flexibility index (Phi) is 4.41. The first-order chi connectivity index (χ1) is 8.81. The molecule has 0 aliphatic heterocycles. The molecule has 0 unspecified atom stereocenters. The lowest BCUT2D eigenvalue weighted by molar-refractivity contribution is -0.121. The van der Waals surface area contributed by atoms with Crippen molar-refractivity contribution in [1.82, 2.24) is 4.90 Å². The van der Waals surface area contributed by atoms with Crippen LogP contribution in [0.15, 0.2) is 18.2 Å². The van der Waals surface area contributed by atoms with Crippen LogP contribution in [0.4, 0.5) is 10.1 Å². The second kappa shape index (κ2) is 5.80. The van der Waals surface area contributed by atoms with Crippen LogP contribution in [0.2, 0.25) is 0 Å².